The molecule has 6 nitrogen and oxygen atoms in total. The van der Waals surface area contributed by atoms with Crippen molar-refractivity contribution in [2.24, 2.45) is 5.10 Å². The Hall–Kier alpha value is -3.25. The molecule has 1 aromatic heterocycles. The molecule has 0 bridgehead atoms. The number of aliphatic hydroxyl groups is 1. The molecule has 3 aromatic rings. The van der Waals surface area contributed by atoms with E-state index >= 15 is 0 Å². The standard InChI is InChI=1S/C18H16N4O2/c23-17(14-9-5-2-6-10-14)18(24)22-20-12-15-11-19-21-16(15)13-7-3-1-4-8-13/h1-12,17,23H,(H,19,21)(H,22,24)/b20-12-/t17-/m1/s1. The molecule has 0 saturated carbocycles. The third kappa shape index (κ3) is 3.56. The number of hydrogen-bond donors (Lipinski definition) is 3. The molecule has 0 unspecified atom stereocenters. The Kier molecular flexibility index (Phi) is 4.78. The predicted octanol–water partition coefficient (Wildman–Crippen LogP) is 2.26. The molecule has 1 amide bonds. The third-order valence-corrected chi connectivity index (χ3v) is 3.47. The van der Waals surface area contributed by atoms with Crippen LogP contribution in [0.1, 0.15) is 17.2 Å². The number of hydrogen-bond acceptors (Lipinski definition) is 4. The van der Waals surface area contributed by atoms with E-state index in [1.165, 1.54) is 6.21 Å². The molecule has 0 aliphatic carbocycles. The van der Waals surface area contributed by atoms with Crippen LogP contribution in [-0.2, 0) is 4.79 Å². The Morgan fingerprint density at radius 1 is 1.12 bits per heavy atom. The van der Waals surface area contributed by atoms with Crippen LogP contribution in [-0.4, -0.2) is 27.4 Å². The largest absolute Gasteiger partial charge is 0.378 e. The zero-order valence-electron chi connectivity index (χ0n) is 12.8. The third-order valence-electron chi connectivity index (χ3n) is 3.47. The predicted molar refractivity (Wildman–Crippen MR) is 91.2 cm³/mol. The number of hydrazone groups is 1. The minimum absolute atomic E-state index is 0.512. The maximum absolute atomic E-state index is 11.9. The van der Waals surface area contributed by atoms with E-state index in [0.29, 0.717) is 5.56 Å². The quantitative estimate of drug-likeness (QED) is 0.497. The van der Waals surface area contributed by atoms with E-state index in [0.717, 1.165) is 16.8 Å². The minimum Gasteiger partial charge on any atom is -0.378 e. The highest BCUT2D eigenvalue weighted by Crippen LogP contribution is 2.19. The van der Waals surface area contributed by atoms with Crippen LogP contribution in [0.5, 0.6) is 0 Å². The zero-order chi connectivity index (χ0) is 16.8. The van der Waals surface area contributed by atoms with Gasteiger partial charge in [-0.2, -0.15) is 10.2 Å². The molecule has 0 radical (unpaired) electrons. The van der Waals surface area contributed by atoms with Crippen molar-refractivity contribution in [3.05, 3.63) is 78.0 Å². The molecule has 2 aromatic carbocycles. The second kappa shape index (κ2) is 7.34. The second-order valence-electron chi connectivity index (χ2n) is 5.11. The van der Waals surface area contributed by atoms with Gasteiger partial charge in [0.15, 0.2) is 6.10 Å². The first-order valence-electron chi connectivity index (χ1n) is 7.40. The summed E-state index contributed by atoms with van der Waals surface area (Å²) >= 11 is 0. The van der Waals surface area contributed by atoms with Gasteiger partial charge in [-0.15, -0.1) is 0 Å². The summed E-state index contributed by atoms with van der Waals surface area (Å²) in [7, 11) is 0. The lowest BCUT2D eigenvalue weighted by Crippen LogP contribution is -2.25. The van der Waals surface area contributed by atoms with Gasteiger partial charge in [-0.05, 0) is 5.56 Å². The summed E-state index contributed by atoms with van der Waals surface area (Å²) in [6.07, 6.45) is 1.84. The van der Waals surface area contributed by atoms with Crippen LogP contribution < -0.4 is 5.43 Å². The summed E-state index contributed by atoms with van der Waals surface area (Å²) in [6, 6.07) is 18.4. The minimum atomic E-state index is -1.26. The molecular weight excluding hydrogens is 304 g/mol. The Balaban J connectivity index is 1.67. The molecule has 0 spiro atoms. The number of nitrogens with one attached hydrogen (secondary N) is 2. The normalized spacial score (nSPS) is 12.2. The first-order chi connectivity index (χ1) is 11.8. The molecule has 0 aliphatic rings. The summed E-state index contributed by atoms with van der Waals surface area (Å²) < 4.78 is 0. The van der Waals surface area contributed by atoms with Crippen LogP contribution in [0.3, 0.4) is 0 Å². The van der Waals surface area contributed by atoms with E-state index in [-0.39, 0.29) is 0 Å². The number of benzene rings is 2. The number of nitrogens with zero attached hydrogens (tertiary/aromatic N) is 2. The summed E-state index contributed by atoms with van der Waals surface area (Å²) in [6.45, 7) is 0. The highest BCUT2D eigenvalue weighted by molar-refractivity contribution is 5.90. The number of carbonyl (C=O) groups excluding carboxylic acids is 1. The van der Waals surface area contributed by atoms with Crippen molar-refractivity contribution in [1.82, 2.24) is 15.6 Å². The number of carbonyl (C=O) groups is 1. The summed E-state index contributed by atoms with van der Waals surface area (Å²) in [5.74, 6) is -0.595. The van der Waals surface area contributed by atoms with Crippen molar-refractivity contribution in [3.8, 4) is 11.3 Å². The fraction of sp³-hybridized carbons (Fsp3) is 0.0556. The summed E-state index contributed by atoms with van der Waals surface area (Å²) in [4.78, 5) is 11.9. The van der Waals surface area contributed by atoms with E-state index < -0.39 is 12.0 Å². The molecule has 3 N–H and O–H groups in total. The van der Waals surface area contributed by atoms with E-state index in [1.54, 1.807) is 30.5 Å². The Morgan fingerprint density at radius 2 is 1.79 bits per heavy atom. The van der Waals surface area contributed by atoms with Crippen LogP contribution in [0, 0.1) is 0 Å². The number of aromatic amines is 1. The molecule has 6 heteroatoms. The number of aromatic nitrogens is 2. The van der Waals surface area contributed by atoms with Crippen molar-refractivity contribution < 1.29 is 9.90 Å². The van der Waals surface area contributed by atoms with Gasteiger partial charge in [-0.3, -0.25) is 9.89 Å². The van der Waals surface area contributed by atoms with Crippen molar-refractivity contribution in [1.29, 1.82) is 0 Å². The lowest BCUT2D eigenvalue weighted by atomic mass is 10.1. The van der Waals surface area contributed by atoms with Gasteiger partial charge in [-0.1, -0.05) is 60.7 Å². The SMILES string of the molecule is O=C(N/N=C\c1cn[nH]c1-c1ccccc1)[C@H](O)c1ccccc1. The smallest absolute Gasteiger partial charge is 0.273 e. The highest BCUT2D eigenvalue weighted by atomic mass is 16.3. The fourth-order valence-corrected chi connectivity index (χ4v) is 2.24. The zero-order valence-corrected chi connectivity index (χ0v) is 12.8. The van der Waals surface area contributed by atoms with E-state index in [9.17, 15) is 9.90 Å². The van der Waals surface area contributed by atoms with E-state index in [1.807, 2.05) is 36.4 Å². The first-order valence-corrected chi connectivity index (χ1v) is 7.40. The van der Waals surface area contributed by atoms with Gasteiger partial charge in [0.2, 0.25) is 0 Å². The van der Waals surface area contributed by atoms with Crippen molar-refractivity contribution >= 4 is 12.1 Å². The number of amides is 1. The van der Waals surface area contributed by atoms with Gasteiger partial charge in [0.05, 0.1) is 18.1 Å². The van der Waals surface area contributed by atoms with Gasteiger partial charge in [0.25, 0.3) is 5.91 Å². The maximum atomic E-state index is 11.9. The lowest BCUT2D eigenvalue weighted by molar-refractivity contribution is -0.129. The monoisotopic (exact) mass is 320 g/mol. The Bertz CT molecular complexity index is 828. The van der Waals surface area contributed by atoms with Gasteiger partial charge in [0.1, 0.15) is 0 Å². The maximum Gasteiger partial charge on any atom is 0.273 e. The summed E-state index contributed by atoms with van der Waals surface area (Å²) in [5, 5.41) is 20.8. The van der Waals surface area contributed by atoms with Crippen LogP contribution in [0.25, 0.3) is 11.3 Å². The molecule has 0 fully saturated rings. The van der Waals surface area contributed by atoms with Crippen LogP contribution >= 0.6 is 0 Å². The molecular formula is C18H16N4O2. The van der Waals surface area contributed by atoms with Gasteiger partial charge in [-0.25, -0.2) is 5.43 Å². The van der Waals surface area contributed by atoms with E-state index in [4.69, 9.17) is 0 Å². The average Bonchev–Trinajstić information content (AvgIpc) is 3.11. The molecule has 24 heavy (non-hydrogen) atoms. The molecule has 120 valence electrons. The fourth-order valence-electron chi connectivity index (χ4n) is 2.24. The number of aliphatic hydroxyl groups excluding tert-OH is 1. The van der Waals surface area contributed by atoms with Crippen molar-refractivity contribution in [2.75, 3.05) is 0 Å². The van der Waals surface area contributed by atoms with Gasteiger partial charge in [0, 0.05) is 11.1 Å². The van der Waals surface area contributed by atoms with Crippen molar-refractivity contribution in [3.63, 3.8) is 0 Å². The lowest BCUT2D eigenvalue weighted by Gasteiger charge is -2.08. The summed E-state index contributed by atoms with van der Waals surface area (Å²) in [5.41, 5.74) is 5.35. The van der Waals surface area contributed by atoms with Gasteiger partial charge < -0.3 is 5.11 Å². The molecule has 0 saturated heterocycles. The number of rotatable bonds is 5. The second-order valence-corrected chi connectivity index (χ2v) is 5.11. The Labute approximate surface area is 138 Å². The van der Waals surface area contributed by atoms with Crippen LogP contribution in [0.4, 0.5) is 0 Å². The van der Waals surface area contributed by atoms with Crippen LogP contribution in [0.15, 0.2) is 72.0 Å². The van der Waals surface area contributed by atoms with Crippen molar-refractivity contribution in [2.45, 2.75) is 6.10 Å². The molecule has 3 rings (SSSR count). The molecule has 1 atom stereocenters. The highest BCUT2D eigenvalue weighted by Gasteiger charge is 2.16. The topological polar surface area (TPSA) is 90.4 Å². The number of H-pyrrole nitrogens is 1. The molecule has 1 heterocycles. The van der Waals surface area contributed by atoms with Gasteiger partial charge >= 0.3 is 0 Å². The Morgan fingerprint density at radius 3 is 2.50 bits per heavy atom. The molecule has 0 aliphatic heterocycles. The van der Waals surface area contributed by atoms with E-state index in [2.05, 4.69) is 20.7 Å². The average molecular weight is 320 g/mol. The van der Waals surface area contributed by atoms with Crippen LogP contribution in [0.2, 0.25) is 0 Å². The first kappa shape index (κ1) is 15.6.